The summed E-state index contributed by atoms with van der Waals surface area (Å²) >= 11 is 0. The molecule has 1 heterocycles. The van der Waals surface area contributed by atoms with Gasteiger partial charge in [0.25, 0.3) is 17.7 Å². The number of halogens is 3. The third-order valence-corrected chi connectivity index (χ3v) is 6.00. The number of benzene rings is 3. The van der Waals surface area contributed by atoms with Gasteiger partial charge in [-0.3, -0.25) is 4.79 Å². The predicted octanol–water partition coefficient (Wildman–Crippen LogP) is 5.59. The van der Waals surface area contributed by atoms with Crippen molar-refractivity contribution in [2.45, 2.75) is 32.5 Å². The lowest BCUT2D eigenvalue weighted by molar-refractivity contribution is -0.145. The minimum absolute atomic E-state index is 0.0148. The first-order chi connectivity index (χ1) is 19.7. The maximum absolute atomic E-state index is 14.7. The summed E-state index contributed by atoms with van der Waals surface area (Å²) in [6.07, 6.45) is -1.38. The highest BCUT2D eigenvalue weighted by atomic mass is 19.1. The number of rotatable bonds is 11. The number of nitrogens with zero attached hydrogens (tertiary/aromatic N) is 1. The van der Waals surface area contributed by atoms with Crippen LogP contribution in [0.5, 0.6) is 17.5 Å². The quantitative estimate of drug-likeness (QED) is 0.217. The van der Waals surface area contributed by atoms with Gasteiger partial charge < -0.3 is 25.6 Å². The van der Waals surface area contributed by atoms with Crippen LogP contribution in [-0.4, -0.2) is 28.1 Å². The summed E-state index contributed by atoms with van der Waals surface area (Å²) in [5.74, 6) is -5.85. The summed E-state index contributed by atoms with van der Waals surface area (Å²) in [7, 11) is 0. The Hall–Kier alpha value is -4.90. The number of nitrogens with two attached hydrogens (primary N) is 1. The molecule has 0 bridgehead atoms. The van der Waals surface area contributed by atoms with E-state index in [1.54, 1.807) is 12.1 Å². The van der Waals surface area contributed by atoms with Crippen LogP contribution < -0.4 is 20.5 Å². The third-order valence-electron chi connectivity index (χ3n) is 6.00. The number of amides is 1. The number of pyridine rings is 1. The molecule has 0 aliphatic heterocycles. The van der Waals surface area contributed by atoms with Gasteiger partial charge in [0.1, 0.15) is 11.6 Å². The Bertz CT molecular complexity index is 1560. The van der Waals surface area contributed by atoms with Crippen molar-refractivity contribution >= 4 is 11.9 Å². The Morgan fingerprint density at radius 2 is 1.63 bits per heavy atom. The third kappa shape index (κ3) is 7.40. The van der Waals surface area contributed by atoms with Crippen molar-refractivity contribution in [1.82, 2.24) is 10.3 Å². The van der Waals surface area contributed by atoms with Crippen LogP contribution >= 0.6 is 0 Å². The van der Waals surface area contributed by atoms with Gasteiger partial charge in [-0.05, 0) is 77.2 Å². The lowest BCUT2D eigenvalue weighted by atomic mass is 10.0. The molecule has 4 aromatic rings. The first-order valence-electron chi connectivity index (χ1n) is 12.6. The highest BCUT2D eigenvalue weighted by Crippen LogP contribution is 2.32. The summed E-state index contributed by atoms with van der Waals surface area (Å²) in [6, 6.07) is 17.8. The van der Waals surface area contributed by atoms with E-state index in [0.29, 0.717) is 23.7 Å². The van der Waals surface area contributed by atoms with E-state index in [1.807, 2.05) is 24.3 Å². The van der Waals surface area contributed by atoms with E-state index in [-0.39, 0.29) is 24.3 Å². The molecule has 0 spiro atoms. The second-order valence-electron chi connectivity index (χ2n) is 8.98. The van der Waals surface area contributed by atoms with Crippen molar-refractivity contribution in [2.24, 2.45) is 5.73 Å². The summed E-state index contributed by atoms with van der Waals surface area (Å²) in [6.45, 7) is 1.86. The molecule has 0 aliphatic carbocycles. The fourth-order valence-corrected chi connectivity index (χ4v) is 3.89. The van der Waals surface area contributed by atoms with Crippen LogP contribution in [0.25, 0.3) is 11.1 Å². The molecule has 4 N–H and O–H groups in total. The number of aromatic nitrogens is 1. The molecule has 0 saturated carbocycles. The predicted molar refractivity (Wildman–Crippen MR) is 144 cm³/mol. The Kier molecular flexibility index (Phi) is 9.20. The van der Waals surface area contributed by atoms with Crippen molar-refractivity contribution < 1.29 is 37.3 Å². The molecule has 1 atom stereocenters. The lowest BCUT2D eigenvalue weighted by Gasteiger charge is -2.15. The standard InChI is InChI=1S/C30H26F3N3O5/c1-2-26(30(38)39)41-29-25(33)14-24(32)28(36-29)40-23-12-18(16-35-27(37)19-6-8-22(31)9-7-19)11-21(13-23)20-5-3-4-17(10-20)15-34/h3-14,26H,2,15-16,34H2,1H3,(H,35,37)(H,38,39). The molecule has 11 heteroatoms. The lowest BCUT2D eigenvalue weighted by Crippen LogP contribution is -2.26. The second-order valence-corrected chi connectivity index (χ2v) is 8.98. The Labute approximate surface area is 233 Å². The number of ether oxygens (including phenoxy) is 2. The van der Waals surface area contributed by atoms with E-state index in [1.165, 1.54) is 37.3 Å². The van der Waals surface area contributed by atoms with Crippen molar-refractivity contribution in [1.29, 1.82) is 0 Å². The molecular formula is C30H26F3N3O5. The maximum Gasteiger partial charge on any atom is 0.344 e. The number of carbonyl (C=O) groups is 2. The fourth-order valence-electron chi connectivity index (χ4n) is 3.89. The van der Waals surface area contributed by atoms with E-state index in [9.17, 15) is 27.9 Å². The van der Waals surface area contributed by atoms with E-state index in [4.69, 9.17) is 15.2 Å². The van der Waals surface area contributed by atoms with Crippen LogP contribution in [0.1, 0.15) is 34.8 Å². The Morgan fingerprint density at radius 1 is 0.927 bits per heavy atom. The summed E-state index contributed by atoms with van der Waals surface area (Å²) < 4.78 is 53.1. The highest BCUT2D eigenvalue weighted by Gasteiger charge is 2.22. The molecule has 8 nitrogen and oxygen atoms in total. The fraction of sp³-hybridized carbons (Fsp3) is 0.167. The number of nitrogens with one attached hydrogen (secondary N) is 1. The molecule has 41 heavy (non-hydrogen) atoms. The van der Waals surface area contributed by atoms with E-state index in [0.717, 1.165) is 11.1 Å². The average molecular weight is 566 g/mol. The van der Waals surface area contributed by atoms with Gasteiger partial charge >= 0.3 is 5.97 Å². The Morgan fingerprint density at radius 3 is 2.32 bits per heavy atom. The first-order valence-corrected chi connectivity index (χ1v) is 12.6. The maximum atomic E-state index is 14.7. The molecule has 0 aliphatic rings. The molecule has 4 rings (SSSR count). The van der Waals surface area contributed by atoms with Crippen molar-refractivity contribution in [3.63, 3.8) is 0 Å². The zero-order chi connectivity index (χ0) is 29.5. The van der Waals surface area contributed by atoms with E-state index < -0.39 is 47.2 Å². The monoisotopic (exact) mass is 565 g/mol. The van der Waals surface area contributed by atoms with Crippen LogP contribution in [-0.2, 0) is 17.9 Å². The zero-order valence-corrected chi connectivity index (χ0v) is 21.9. The number of aliphatic carboxylic acids is 1. The molecule has 0 radical (unpaired) electrons. The number of hydrogen-bond donors (Lipinski definition) is 3. The number of carboxylic acids is 1. The molecule has 1 unspecified atom stereocenters. The normalized spacial score (nSPS) is 11.5. The largest absolute Gasteiger partial charge is 0.479 e. The van der Waals surface area contributed by atoms with Crippen molar-refractivity contribution in [3.05, 3.63) is 107 Å². The topological polar surface area (TPSA) is 124 Å². The Balaban J connectivity index is 1.67. The van der Waals surface area contributed by atoms with Gasteiger partial charge in [-0.2, -0.15) is 4.98 Å². The van der Waals surface area contributed by atoms with Gasteiger partial charge in [-0.15, -0.1) is 0 Å². The van der Waals surface area contributed by atoms with Crippen LogP contribution in [0.2, 0.25) is 0 Å². The number of hydrogen-bond acceptors (Lipinski definition) is 6. The van der Waals surface area contributed by atoms with E-state index >= 15 is 0 Å². The van der Waals surface area contributed by atoms with Crippen LogP contribution in [0.15, 0.2) is 72.8 Å². The van der Waals surface area contributed by atoms with Crippen LogP contribution in [0.3, 0.4) is 0 Å². The molecule has 212 valence electrons. The van der Waals surface area contributed by atoms with Gasteiger partial charge in [-0.1, -0.05) is 25.1 Å². The summed E-state index contributed by atoms with van der Waals surface area (Å²) in [4.78, 5) is 27.7. The molecule has 1 amide bonds. The zero-order valence-electron chi connectivity index (χ0n) is 21.9. The molecule has 0 fully saturated rings. The van der Waals surface area contributed by atoms with Crippen LogP contribution in [0, 0.1) is 17.5 Å². The van der Waals surface area contributed by atoms with Gasteiger partial charge in [0.05, 0.1) is 0 Å². The molecular weight excluding hydrogens is 539 g/mol. The van der Waals surface area contributed by atoms with Gasteiger partial charge in [0, 0.05) is 24.7 Å². The SMILES string of the molecule is CCC(Oc1nc(Oc2cc(CNC(=O)c3ccc(F)cc3)cc(-c3cccc(CN)c3)c2)c(F)cc1F)C(=O)O. The van der Waals surface area contributed by atoms with Crippen LogP contribution in [0.4, 0.5) is 13.2 Å². The average Bonchev–Trinajstić information content (AvgIpc) is 2.96. The second kappa shape index (κ2) is 13.0. The number of carboxylic acid groups (broad SMARTS) is 1. The van der Waals surface area contributed by atoms with Gasteiger partial charge in [0.2, 0.25) is 0 Å². The molecule has 1 aromatic heterocycles. The van der Waals surface area contributed by atoms with Gasteiger partial charge in [0.15, 0.2) is 17.7 Å². The summed E-state index contributed by atoms with van der Waals surface area (Å²) in [5, 5.41) is 12.0. The molecule has 0 saturated heterocycles. The van der Waals surface area contributed by atoms with Gasteiger partial charge in [-0.25, -0.2) is 18.0 Å². The minimum atomic E-state index is -1.40. The highest BCUT2D eigenvalue weighted by molar-refractivity contribution is 5.94. The van der Waals surface area contributed by atoms with E-state index in [2.05, 4.69) is 10.3 Å². The number of carbonyl (C=O) groups excluding carboxylic acids is 1. The van der Waals surface area contributed by atoms with Crippen molar-refractivity contribution in [2.75, 3.05) is 0 Å². The molecule has 3 aromatic carbocycles. The summed E-state index contributed by atoms with van der Waals surface area (Å²) in [5.41, 5.74) is 8.85. The smallest absolute Gasteiger partial charge is 0.344 e. The minimum Gasteiger partial charge on any atom is -0.479 e. The first kappa shape index (κ1) is 29.1. The van der Waals surface area contributed by atoms with Crippen molar-refractivity contribution in [3.8, 4) is 28.6 Å².